The molecule has 0 spiro atoms. The van der Waals surface area contributed by atoms with Crippen molar-refractivity contribution >= 4 is 28.6 Å². The quantitative estimate of drug-likeness (QED) is 0.798. The Bertz CT molecular complexity index is 777. The Morgan fingerprint density at radius 2 is 1.52 bits per heavy atom. The molecule has 5 nitrogen and oxygen atoms in total. The lowest BCUT2D eigenvalue weighted by atomic mass is 10.0. The zero-order chi connectivity index (χ0) is 17.2. The molecule has 0 atom stereocenters. The second-order valence-electron chi connectivity index (χ2n) is 7.27. The molecule has 0 saturated carbocycles. The average molecular weight is 338 g/mol. The molecule has 3 heterocycles. The standard InChI is InChI=1S/C20H26N4O/c1-15-17(14-25)20-18(22-21-15)12-16(23-8-4-2-5-9-23)13-19(20)24-10-6-3-7-11-24/h12-14H,2-11H2,1H3. The molecule has 2 saturated heterocycles. The Labute approximate surface area is 149 Å². The van der Waals surface area contributed by atoms with Gasteiger partial charge in [0.2, 0.25) is 0 Å². The minimum atomic E-state index is 0.691. The lowest BCUT2D eigenvalue weighted by Gasteiger charge is -2.33. The van der Waals surface area contributed by atoms with E-state index in [1.54, 1.807) is 0 Å². The van der Waals surface area contributed by atoms with Crippen LogP contribution in [0.2, 0.25) is 0 Å². The molecule has 0 N–H and O–H groups in total. The van der Waals surface area contributed by atoms with E-state index in [2.05, 4.69) is 32.1 Å². The second kappa shape index (κ2) is 6.98. The number of aryl methyl sites for hydroxylation is 1. The first-order valence-corrected chi connectivity index (χ1v) is 9.54. The van der Waals surface area contributed by atoms with Crippen LogP contribution in [0.3, 0.4) is 0 Å². The molecule has 1 aromatic heterocycles. The molecule has 2 aliphatic heterocycles. The Balaban J connectivity index is 1.89. The SMILES string of the molecule is Cc1nnc2cc(N3CCCCC3)cc(N3CCCCC3)c2c1C=O. The van der Waals surface area contributed by atoms with Gasteiger partial charge in [-0.05, 0) is 57.6 Å². The molecule has 0 bridgehead atoms. The summed E-state index contributed by atoms with van der Waals surface area (Å²) >= 11 is 0. The first kappa shape index (κ1) is 16.3. The van der Waals surface area contributed by atoms with E-state index in [1.165, 1.54) is 44.2 Å². The minimum absolute atomic E-state index is 0.691. The van der Waals surface area contributed by atoms with Crippen LogP contribution in [-0.4, -0.2) is 42.7 Å². The van der Waals surface area contributed by atoms with Crippen LogP contribution in [0.1, 0.15) is 54.6 Å². The number of aldehydes is 1. The number of hydrogen-bond acceptors (Lipinski definition) is 5. The number of aromatic nitrogens is 2. The van der Waals surface area contributed by atoms with Crippen molar-refractivity contribution in [2.45, 2.75) is 45.4 Å². The number of rotatable bonds is 3. The van der Waals surface area contributed by atoms with Gasteiger partial charge in [0.05, 0.1) is 11.2 Å². The van der Waals surface area contributed by atoms with Crippen molar-refractivity contribution in [3.05, 3.63) is 23.4 Å². The largest absolute Gasteiger partial charge is 0.371 e. The molecule has 0 unspecified atom stereocenters. The number of carbonyl (C=O) groups excluding carboxylic acids is 1. The zero-order valence-corrected chi connectivity index (χ0v) is 15.0. The van der Waals surface area contributed by atoms with Crippen molar-refractivity contribution in [3.8, 4) is 0 Å². The molecule has 0 radical (unpaired) electrons. The first-order valence-electron chi connectivity index (χ1n) is 9.54. The van der Waals surface area contributed by atoms with Gasteiger partial charge in [0.15, 0.2) is 6.29 Å². The van der Waals surface area contributed by atoms with Gasteiger partial charge >= 0.3 is 0 Å². The fourth-order valence-corrected chi connectivity index (χ4v) is 4.18. The molecule has 25 heavy (non-hydrogen) atoms. The van der Waals surface area contributed by atoms with Crippen molar-refractivity contribution in [2.24, 2.45) is 0 Å². The van der Waals surface area contributed by atoms with Crippen LogP contribution >= 0.6 is 0 Å². The van der Waals surface area contributed by atoms with Crippen molar-refractivity contribution in [2.75, 3.05) is 36.0 Å². The molecule has 0 amide bonds. The Morgan fingerprint density at radius 3 is 2.16 bits per heavy atom. The maximum absolute atomic E-state index is 11.8. The van der Waals surface area contributed by atoms with E-state index in [-0.39, 0.29) is 0 Å². The van der Waals surface area contributed by atoms with E-state index >= 15 is 0 Å². The number of nitrogens with zero attached hydrogens (tertiary/aromatic N) is 4. The van der Waals surface area contributed by atoms with Crippen LogP contribution in [0, 0.1) is 6.92 Å². The van der Waals surface area contributed by atoms with Gasteiger partial charge in [0.25, 0.3) is 0 Å². The summed E-state index contributed by atoms with van der Waals surface area (Å²) in [6, 6.07) is 4.40. The minimum Gasteiger partial charge on any atom is -0.371 e. The maximum Gasteiger partial charge on any atom is 0.152 e. The van der Waals surface area contributed by atoms with E-state index in [4.69, 9.17) is 0 Å². The summed E-state index contributed by atoms with van der Waals surface area (Å²) in [5.74, 6) is 0. The zero-order valence-electron chi connectivity index (χ0n) is 15.0. The number of piperidine rings is 2. The third-order valence-corrected chi connectivity index (χ3v) is 5.58. The van der Waals surface area contributed by atoms with Crippen LogP contribution in [0.4, 0.5) is 11.4 Å². The molecule has 2 aliphatic rings. The summed E-state index contributed by atoms with van der Waals surface area (Å²) in [6.07, 6.45) is 8.47. The fraction of sp³-hybridized carbons (Fsp3) is 0.550. The van der Waals surface area contributed by atoms with E-state index in [0.717, 1.165) is 49.1 Å². The van der Waals surface area contributed by atoms with Crippen molar-refractivity contribution < 1.29 is 4.79 Å². The molecular weight excluding hydrogens is 312 g/mol. The average Bonchev–Trinajstić information content (AvgIpc) is 2.68. The van der Waals surface area contributed by atoms with E-state index in [9.17, 15) is 4.79 Å². The predicted molar refractivity (Wildman–Crippen MR) is 102 cm³/mol. The summed E-state index contributed by atoms with van der Waals surface area (Å²) in [5.41, 5.74) is 4.64. The van der Waals surface area contributed by atoms with Gasteiger partial charge in [-0.3, -0.25) is 4.79 Å². The van der Waals surface area contributed by atoms with Gasteiger partial charge < -0.3 is 9.80 Å². The highest BCUT2D eigenvalue weighted by Crippen LogP contribution is 2.36. The lowest BCUT2D eigenvalue weighted by molar-refractivity contribution is 0.112. The summed E-state index contributed by atoms with van der Waals surface area (Å²) < 4.78 is 0. The van der Waals surface area contributed by atoms with Crippen molar-refractivity contribution in [1.29, 1.82) is 0 Å². The van der Waals surface area contributed by atoms with Crippen LogP contribution in [0.25, 0.3) is 10.9 Å². The third kappa shape index (κ3) is 3.08. The highest BCUT2D eigenvalue weighted by atomic mass is 16.1. The highest BCUT2D eigenvalue weighted by Gasteiger charge is 2.21. The molecule has 4 rings (SSSR count). The number of fused-ring (bicyclic) bond motifs is 1. The lowest BCUT2D eigenvalue weighted by Crippen LogP contribution is -2.32. The number of hydrogen-bond donors (Lipinski definition) is 0. The Kier molecular flexibility index (Phi) is 4.55. The van der Waals surface area contributed by atoms with E-state index in [0.29, 0.717) is 11.3 Å². The second-order valence-corrected chi connectivity index (χ2v) is 7.27. The molecule has 132 valence electrons. The molecule has 0 aliphatic carbocycles. The normalized spacial score (nSPS) is 18.6. The summed E-state index contributed by atoms with van der Waals surface area (Å²) in [6.45, 7) is 6.18. The summed E-state index contributed by atoms with van der Waals surface area (Å²) in [4.78, 5) is 16.7. The molecule has 5 heteroatoms. The summed E-state index contributed by atoms with van der Waals surface area (Å²) in [7, 11) is 0. The van der Waals surface area contributed by atoms with Crippen LogP contribution in [0.5, 0.6) is 0 Å². The summed E-state index contributed by atoms with van der Waals surface area (Å²) in [5, 5.41) is 9.65. The topological polar surface area (TPSA) is 49.3 Å². The third-order valence-electron chi connectivity index (χ3n) is 5.58. The van der Waals surface area contributed by atoms with E-state index < -0.39 is 0 Å². The smallest absolute Gasteiger partial charge is 0.152 e. The molecule has 1 aromatic carbocycles. The van der Waals surface area contributed by atoms with Gasteiger partial charge in [0, 0.05) is 48.5 Å². The van der Waals surface area contributed by atoms with Crippen LogP contribution < -0.4 is 9.80 Å². The Hall–Kier alpha value is -2.17. The fourth-order valence-electron chi connectivity index (χ4n) is 4.18. The van der Waals surface area contributed by atoms with Crippen LogP contribution in [-0.2, 0) is 0 Å². The predicted octanol–water partition coefficient (Wildman–Crippen LogP) is 3.73. The highest BCUT2D eigenvalue weighted by molar-refractivity contribution is 6.06. The van der Waals surface area contributed by atoms with Gasteiger partial charge in [-0.1, -0.05) is 0 Å². The van der Waals surface area contributed by atoms with Crippen LogP contribution in [0.15, 0.2) is 12.1 Å². The number of benzene rings is 1. The monoisotopic (exact) mass is 338 g/mol. The number of anilines is 2. The molecule has 2 aromatic rings. The Morgan fingerprint density at radius 1 is 0.880 bits per heavy atom. The van der Waals surface area contributed by atoms with Gasteiger partial charge in [-0.15, -0.1) is 0 Å². The van der Waals surface area contributed by atoms with Gasteiger partial charge in [-0.25, -0.2) is 0 Å². The maximum atomic E-state index is 11.8. The van der Waals surface area contributed by atoms with Crippen molar-refractivity contribution in [1.82, 2.24) is 10.2 Å². The van der Waals surface area contributed by atoms with Crippen molar-refractivity contribution in [3.63, 3.8) is 0 Å². The van der Waals surface area contributed by atoms with Gasteiger partial charge in [-0.2, -0.15) is 10.2 Å². The first-order chi connectivity index (χ1) is 12.3. The van der Waals surface area contributed by atoms with Gasteiger partial charge in [0.1, 0.15) is 0 Å². The molecular formula is C20H26N4O. The van der Waals surface area contributed by atoms with E-state index in [1.807, 2.05) is 6.92 Å². The number of carbonyl (C=O) groups is 1. The molecule has 2 fully saturated rings.